The molecule has 0 saturated heterocycles. The van der Waals surface area contributed by atoms with Gasteiger partial charge < -0.3 is 4.42 Å². The van der Waals surface area contributed by atoms with E-state index in [-0.39, 0.29) is 0 Å². The maximum atomic E-state index is 9.35. The Morgan fingerprint density at radius 1 is 1.09 bits per heavy atom. The van der Waals surface area contributed by atoms with Crippen LogP contribution in [-0.2, 0) is 0 Å². The Morgan fingerprint density at radius 3 is 2.57 bits per heavy atom. The second kappa shape index (κ2) is 6.56. The molecule has 0 spiro atoms. The standard InChI is InChI=1S/C20H14ClNO/c1-14-7-8-16(12-19(14)21)20-10-9-18(23-20)11-17(13-22)15-5-3-2-4-6-15/h2-12H,1H3/b17-11-. The van der Waals surface area contributed by atoms with Gasteiger partial charge in [0, 0.05) is 10.6 Å². The molecule has 3 rings (SSSR count). The lowest BCUT2D eigenvalue weighted by Crippen LogP contribution is -1.80. The van der Waals surface area contributed by atoms with Gasteiger partial charge in [-0.3, -0.25) is 0 Å². The van der Waals surface area contributed by atoms with Crippen LogP contribution in [-0.4, -0.2) is 0 Å². The molecule has 0 aliphatic carbocycles. The van der Waals surface area contributed by atoms with Gasteiger partial charge in [-0.2, -0.15) is 5.26 Å². The second-order valence-electron chi connectivity index (χ2n) is 5.20. The molecule has 0 atom stereocenters. The Hall–Kier alpha value is -2.76. The zero-order valence-corrected chi connectivity index (χ0v) is 13.3. The van der Waals surface area contributed by atoms with Crippen molar-refractivity contribution in [3.63, 3.8) is 0 Å². The molecule has 0 N–H and O–H groups in total. The van der Waals surface area contributed by atoms with Gasteiger partial charge in [-0.05, 0) is 42.3 Å². The van der Waals surface area contributed by atoms with E-state index in [4.69, 9.17) is 16.0 Å². The number of halogens is 1. The fraction of sp³-hybridized carbons (Fsp3) is 0.0500. The lowest BCUT2D eigenvalue weighted by Gasteiger charge is -2.01. The first-order valence-electron chi connectivity index (χ1n) is 7.21. The molecule has 0 unspecified atom stereocenters. The first-order chi connectivity index (χ1) is 11.2. The van der Waals surface area contributed by atoms with Gasteiger partial charge in [0.2, 0.25) is 0 Å². The highest BCUT2D eigenvalue weighted by atomic mass is 35.5. The quantitative estimate of drug-likeness (QED) is 0.557. The fourth-order valence-corrected chi connectivity index (χ4v) is 2.45. The van der Waals surface area contributed by atoms with Gasteiger partial charge >= 0.3 is 0 Å². The van der Waals surface area contributed by atoms with Gasteiger partial charge in [0.15, 0.2) is 0 Å². The summed E-state index contributed by atoms with van der Waals surface area (Å²) in [7, 11) is 0. The summed E-state index contributed by atoms with van der Waals surface area (Å²) >= 11 is 6.16. The third kappa shape index (κ3) is 3.36. The lowest BCUT2D eigenvalue weighted by atomic mass is 10.1. The maximum absolute atomic E-state index is 9.35. The summed E-state index contributed by atoms with van der Waals surface area (Å²) in [6, 6.07) is 21.3. The van der Waals surface area contributed by atoms with Gasteiger partial charge in [0.25, 0.3) is 0 Å². The van der Waals surface area contributed by atoms with Crippen molar-refractivity contribution < 1.29 is 4.42 Å². The zero-order valence-electron chi connectivity index (χ0n) is 12.6. The van der Waals surface area contributed by atoms with Crippen LogP contribution in [0.25, 0.3) is 23.0 Å². The van der Waals surface area contributed by atoms with Crippen LogP contribution in [0.5, 0.6) is 0 Å². The molecule has 112 valence electrons. The van der Waals surface area contributed by atoms with E-state index in [9.17, 15) is 5.26 Å². The van der Waals surface area contributed by atoms with Gasteiger partial charge in [-0.1, -0.05) is 54.1 Å². The summed E-state index contributed by atoms with van der Waals surface area (Å²) < 4.78 is 5.83. The van der Waals surface area contributed by atoms with Gasteiger partial charge in [-0.25, -0.2) is 0 Å². The zero-order chi connectivity index (χ0) is 16.2. The second-order valence-corrected chi connectivity index (χ2v) is 5.61. The van der Waals surface area contributed by atoms with E-state index in [1.807, 2.05) is 67.6 Å². The van der Waals surface area contributed by atoms with Crippen LogP contribution in [0.4, 0.5) is 0 Å². The fourth-order valence-electron chi connectivity index (χ4n) is 2.27. The minimum atomic E-state index is 0.563. The van der Waals surface area contributed by atoms with Crippen molar-refractivity contribution in [1.29, 1.82) is 5.26 Å². The van der Waals surface area contributed by atoms with Crippen LogP contribution in [0.1, 0.15) is 16.9 Å². The number of allylic oxidation sites excluding steroid dienone is 1. The first-order valence-corrected chi connectivity index (χ1v) is 7.59. The Kier molecular flexibility index (Phi) is 4.32. The highest BCUT2D eigenvalue weighted by molar-refractivity contribution is 6.31. The van der Waals surface area contributed by atoms with Crippen molar-refractivity contribution in [2.24, 2.45) is 0 Å². The van der Waals surface area contributed by atoms with Crippen LogP contribution in [0.3, 0.4) is 0 Å². The van der Waals surface area contributed by atoms with Crippen LogP contribution < -0.4 is 0 Å². The predicted molar refractivity (Wildman–Crippen MR) is 93.8 cm³/mol. The molecule has 3 heteroatoms. The summed E-state index contributed by atoms with van der Waals surface area (Å²) in [6.07, 6.45) is 1.74. The van der Waals surface area contributed by atoms with E-state index in [1.165, 1.54) is 0 Å². The average molecular weight is 320 g/mol. The van der Waals surface area contributed by atoms with Crippen LogP contribution in [0, 0.1) is 18.3 Å². The maximum Gasteiger partial charge on any atom is 0.134 e. The SMILES string of the molecule is Cc1ccc(-c2ccc(/C=C(/C#N)c3ccccc3)o2)cc1Cl. The molecule has 2 nitrogen and oxygen atoms in total. The molecule has 0 aliphatic heterocycles. The molecule has 0 bridgehead atoms. The predicted octanol–water partition coefficient (Wildman–Crippen LogP) is 5.97. The van der Waals surface area contributed by atoms with E-state index < -0.39 is 0 Å². The van der Waals surface area contributed by atoms with Crippen LogP contribution in [0.2, 0.25) is 5.02 Å². The molecule has 3 aromatic rings. The summed E-state index contributed by atoms with van der Waals surface area (Å²) in [4.78, 5) is 0. The van der Waals surface area contributed by atoms with Gasteiger partial charge in [-0.15, -0.1) is 0 Å². The van der Waals surface area contributed by atoms with Crippen molar-refractivity contribution in [3.05, 3.63) is 82.6 Å². The molecular weight excluding hydrogens is 306 g/mol. The Bertz CT molecular complexity index is 901. The first kappa shape index (κ1) is 15.1. The smallest absolute Gasteiger partial charge is 0.134 e. The third-order valence-electron chi connectivity index (χ3n) is 3.57. The summed E-state index contributed by atoms with van der Waals surface area (Å²) in [5.41, 5.74) is 3.37. The number of hydrogen-bond acceptors (Lipinski definition) is 2. The number of benzene rings is 2. The van der Waals surface area contributed by atoms with E-state index in [2.05, 4.69) is 6.07 Å². The van der Waals surface area contributed by atoms with Crippen molar-refractivity contribution in [3.8, 4) is 17.4 Å². The Labute approximate surface area is 140 Å². The molecule has 1 heterocycles. The van der Waals surface area contributed by atoms with Gasteiger partial charge in [0.05, 0.1) is 11.6 Å². The minimum absolute atomic E-state index is 0.563. The molecular formula is C20H14ClNO. The highest BCUT2D eigenvalue weighted by Gasteiger charge is 2.07. The van der Waals surface area contributed by atoms with Crippen molar-refractivity contribution in [1.82, 2.24) is 0 Å². The molecule has 0 radical (unpaired) electrons. The summed E-state index contributed by atoms with van der Waals surface area (Å²) in [6.45, 7) is 1.96. The van der Waals surface area contributed by atoms with Gasteiger partial charge in [0.1, 0.15) is 11.5 Å². The number of hydrogen-bond donors (Lipinski definition) is 0. The van der Waals surface area contributed by atoms with E-state index >= 15 is 0 Å². The van der Waals surface area contributed by atoms with Crippen LogP contribution in [0.15, 0.2) is 65.1 Å². The Morgan fingerprint density at radius 2 is 1.87 bits per heavy atom. The number of nitrogens with zero attached hydrogens (tertiary/aromatic N) is 1. The molecule has 0 saturated carbocycles. The normalized spacial score (nSPS) is 11.3. The highest BCUT2D eigenvalue weighted by Crippen LogP contribution is 2.28. The molecule has 0 fully saturated rings. The third-order valence-corrected chi connectivity index (χ3v) is 3.98. The molecule has 2 aromatic carbocycles. The number of aryl methyl sites for hydroxylation is 1. The molecule has 1 aromatic heterocycles. The number of rotatable bonds is 3. The van der Waals surface area contributed by atoms with Crippen molar-refractivity contribution in [2.75, 3.05) is 0 Å². The summed E-state index contributed by atoms with van der Waals surface area (Å²) in [5.74, 6) is 1.36. The van der Waals surface area contributed by atoms with Crippen molar-refractivity contribution >= 4 is 23.3 Å². The largest absolute Gasteiger partial charge is 0.457 e. The van der Waals surface area contributed by atoms with Crippen molar-refractivity contribution in [2.45, 2.75) is 6.92 Å². The molecule has 23 heavy (non-hydrogen) atoms. The topological polar surface area (TPSA) is 36.9 Å². The van der Waals surface area contributed by atoms with E-state index in [1.54, 1.807) is 6.08 Å². The lowest BCUT2D eigenvalue weighted by molar-refractivity contribution is 0.572. The summed E-state index contributed by atoms with van der Waals surface area (Å²) in [5, 5.41) is 10.1. The molecule has 0 aliphatic rings. The van der Waals surface area contributed by atoms with Crippen LogP contribution >= 0.6 is 11.6 Å². The Balaban J connectivity index is 1.94. The number of nitriles is 1. The minimum Gasteiger partial charge on any atom is -0.457 e. The monoisotopic (exact) mass is 319 g/mol. The molecule has 0 amide bonds. The average Bonchev–Trinajstić information content (AvgIpc) is 3.04. The number of furan rings is 1. The van der Waals surface area contributed by atoms with E-state index in [0.29, 0.717) is 16.4 Å². The van der Waals surface area contributed by atoms with E-state index in [0.717, 1.165) is 22.5 Å².